The number of aryl methyl sites for hydroxylation is 2. The molecule has 0 aliphatic carbocycles. The van der Waals surface area contributed by atoms with E-state index in [-0.39, 0.29) is 31.3 Å². The van der Waals surface area contributed by atoms with Crippen LogP contribution in [-0.4, -0.2) is 42.9 Å². The topological polar surface area (TPSA) is 121 Å². The molecule has 0 atom stereocenters. The minimum Gasteiger partial charge on any atom is -0.396 e. The first-order chi connectivity index (χ1) is 11.4. The molecule has 8 heteroatoms. The van der Waals surface area contributed by atoms with E-state index in [1.54, 1.807) is 4.57 Å². The molecular formula is C16H18N4O4. The van der Waals surface area contributed by atoms with Crippen molar-refractivity contribution in [2.45, 2.75) is 20.4 Å². The quantitative estimate of drug-likeness (QED) is 0.570. The van der Waals surface area contributed by atoms with E-state index in [0.29, 0.717) is 11.0 Å². The zero-order valence-electron chi connectivity index (χ0n) is 13.4. The van der Waals surface area contributed by atoms with E-state index in [2.05, 4.69) is 15.0 Å². The van der Waals surface area contributed by atoms with E-state index >= 15 is 0 Å². The maximum atomic E-state index is 12.1. The van der Waals surface area contributed by atoms with E-state index in [1.165, 1.54) is 0 Å². The Morgan fingerprint density at radius 1 is 1.12 bits per heavy atom. The number of aromatic nitrogens is 4. The highest BCUT2D eigenvalue weighted by molar-refractivity contribution is 5.81. The number of aliphatic hydroxyl groups is 2. The van der Waals surface area contributed by atoms with Gasteiger partial charge in [0.15, 0.2) is 11.5 Å². The molecule has 3 N–H and O–H groups in total. The van der Waals surface area contributed by atoms with Gasteiger partial charge in [0.1, 0.15) is 0 Å². The van der Waals surface area contributed by atoms with Gasteiger partial charge >= 0.3 is 5.69 Å². The molecule has 0 unspecified atom stereocenters. The molecule has 0 amide bonds. The average molecular weight is 330 g/mol. The molecule has 0 spiro atoms. The highest BCUT2D eigenvalue weighted by Crippen LogP contribution is 2.24. The van der Waals surface area contributed by atoms with Crippen molar-refractivity contribution in [1.29, 1.82) is 0 Å². The molecule has 0 aromatic heterocycles. The summed E-state index contributed by atoms with van der Waals surface area (Å²) < 4.78 is 1.66. The molecule has 0 saturated heterocycles. The fourth-order valence-corrected chi connectivity index (χ4v) is 2.67. The van der Waals surface area contributed by atoms with E-state index < -0.39 is 17.2 Å². The molecule has 0 fully saturated rings. The van der Waals surface area contributed by atoms with Crippen LogP contribution in [-0.2, 0) is 6.54 Å². The average Bonchev–Trinajstić information content (AvgIpc) is 2.54. The van der Waals surface area contributed by atoms with Crippen molar-refractivity contribution in [2.24, 2.45) is 5.92 Å². The summed E-state index contributed by atoms with van der Waals surface area (Å²) in [7, 11) is 0. The molecule has 3 rings (SSSR count). The van der Waals surface area contributed by atoms with Crippen molar-refractivity contribution >= 4 is 11.0 Å². The van der Waals surface area contributed by atoms with Crippen LogP contribution in [0.25, 0.3) is 22.6 Å². The van der Waals surface area contributed by atoms with Crippen molar-refractivity contribution < 1.29 is 10.2 Å². The van der Waals surface area contributed by atoms with E-state index in [1.807, 2.05) is 26.0 Å². The number of benzene rings is 1. The number of nitrogens with one attached hydrogen (secondary N) is 1. The zero-order chi connectivity index (χ0) is 17.4. The van der Waals surface area contributed by atoms with Gasteiger partial charge in [-0.2, -0.15) is 4.98 Å². The largest absolute Gasteiger partial charge is 0.396 e. The number of aromatic amines is 1. The Hall–Kier alpha value is -2.58. The van der Waals surface area contributed by atoms with Gasteiger partial charge in [0, 0.05) is 25.7 Å². The van der Waals surface area contributed by atoms with Crippen LogP contribution in [0.1, 0.15) is 11.1 Å². The summed E-state index contributed by atoms with van der Waals surface area (Å²) in [5, 5.41) is 18.8. The van der Waals surface area contributed by atoms with Gasteiger partial charge in [-0.15, -0.1) is 0 Å². The summed E-state index contributed by atoms with van der Waals surface area (Å²) in [5.74, 6) is -0.298. The maximum absolute atomic E-state index is 12.1. The molecule has 24 heavy (non-hydrogen) atoms. The Labute approximate surface area is 136 Å². The lowest BCUT2D eigenvalue weighted by atomic mass is 10.1. The third-order valence-electron chi connectivity index (χ3n) is 4.18. The summed E-state index contributed by atoms with van der Waals surface area (Å²) in [4.78, 5) is 34.1. The Bertz CT molecular complexity index is 988. The summed E-state index contributed by atoms with van der Waals surface area (Å²) in [6.45, 7) is 3.64. The molecule has 2 aliphatic rings. The monoisotopic (exact) mass is 330 g/mol. The fraction of sp³-hybridized carbons (Fsp3) is 0.375. The number of fused-ring (bicyclic) bond motifs is 2. The van der Waals surface area contributed by atoms with E-state index in [0.717, 1.165) is 11.1 Å². The molecule has 0 radical (unpaired) electrons. The van der Waals surface area contributed by atoms with Gasteiger partial charge in [-0.1, -0.05) is 0 Å². The second kappa shape index (κ2) is 6.14. The zero-order valence-corrected chi connectivity index (χ0v) is 13.4. The summed E-state index contributed by atoms with van der Waals surface area (Å²) in [6.07, 6.45) is 0. The van der Waals surface area contributed by atoms with E-state index in [4.69, 9.17) is 0 Å². The van der Waals surface area contributed by atoms with E-state index in [9.17, 15) is 19.8 Å². The predicted octanol–water partition coefficient (Wildman–Crippen LogP) is -0.198. The van der Waals surface area contributed by atoms with Crippen LogP contribution in [0.15, 0.2) is 21.7 Å². The molecule has 1 aromatic rings. The predicted molar refractivity (Wildman–Crippen MR) is 88.2 cm³/mol. The molecule has 8 nitrogen and oxygen atoms in total. The summed E-state index contributed by atoms with van der Waals surface area (Å²) >= 11 is 0. The fourth-order valence-electron chi connectivity index (χ4n) is 2.67. The SMILES string of the molecule is Cc1cc2nc3c(=O)[nH]c(=O)nc-3n(CC(CO)CO)c2cc1C. The third-order valence-corrected chi connectivity index (χ3v) is 4.18. The van der Waals surface area contributed by atoms with Crippen molar-refractivity contribution in [2.75, 3.05) is 13.2 Å². The van der Waals surface area contributed by atoms with Crippen LogP contribution in [0.3, 0.4) is 0 Å². The highest BCUT2D eigenvalue weighted by Gasteiger charge is 2.21. The number of hydrogen-bond acceptors (Lipinski definition) is 6. The normalized spacial score (nSPS) is 11.7. The van der Waals surface area contributed by atoms with Crippen molar-refractivity contribution in [3.63, 3.8) is 0 Å². The molecule has 2 heterocycles. The minimum atomic E-state index is -0.754. The van der Waals surface area contributed by atoms with Crippen LogP contribution in [0.4, 0.5) is 0 Å². The Morgan fingerprint density at radius 3 is 2.46 bits per heavy atom. The summed E-state index contributed by atoms with van der Waals surface area (Å²) in [5.41, 5.74) is 2.01. The Morgan fingerprint density at radius 2 is 1.79 bits per heavy atom. The van der Waals surface area contributed by atoms with Crippen molar-refractivity contribution in [3.8, 4) is 11.5 Å². The van der Waals surface area contributed by atoms with Gasteiger partial charge in [0.05, 0.1) is 11.0 Å². The molecular weight excluding hydrogens is 312 g/mol. The molecule has 0 saturated carbocycles. The first-order valence-corrected chi connectivity index (χ1v) is 7.58. The van der Waals surface area contributed by atoms with Crippen molar-refractivity contribution in [3.05, 3.63) is 44.1 Å². The Balaban J connectivity index is 2.43. The van der Waals surface area contributed by atoms with Gasteiger partial charge < -0.3 is 14.8 Å². The van der Waals surface area contributed by atoms with Crippen LogP contribution in [0.5, 0.6) is 0 Å². The number of nitrogens with zero attached hydrogens (tertiary/aromatic N) is 3. The number of aliphatic hydroxyl groups excluding tert-OH is 2. The van der Waals surface area contributed by atoms with Crippen LogP contribution < -0.4 is 11.2 Å². The molecule has 2 aliphatic heterocycles. The molecule has 1 aromatic carbocycles. The lowest BCUT2D eigenvalue weighted by molar-refractivity contribution is 0.138. The van der Waals surface area contributed by atoms with Gasteiger partial charge in [0.25, 0.3) is 5.56 Å². The molecule has 126 valence electrons. The second-order valence-corrected chi connectivity index (χ2v) is 5.92. The number of H-pyrrole nitrogens is 1. The maximum Gasteiger partial charge on any atom is 0.349 e. The number of hydrogen-bond donors (Lipinski definition) is 3. The lowest BCUT2D eigenvalue weighted by Crippen LogP contribution is -2.30. The summed E-state index contributed by atoms with van der Waals surface area (Å²) in [6, 6.07) is 3.76. The number of rotatable bonds is 4. The first kappa shape index (κ1) is 16.3. The van der Waals surface area contributed by atoms with Gasteiger partial charge in [-0.05, 0) is 37.1 Å². The van der Waals surface area contributed by atoms with Crippen LogP contribution >= 0.6 is 0 Å². The standard InChI is InChI=1S/C16H18N4O4/c1-8-3-11-12(4-9(8)2)20(5-10(6-21)7-22)14-13(17-11)15(23)19-16(24)18-14/h3-4,10,21-22H,5-7H2,1-2H3,(H,19,23,24). The van der Waals surface area contributed by atoms with Crippen LogP contribution in [0.2, 0.25) is 0 Å². The lowest BCUT2D eigenvalue weighted by Gasteiger charge is -2.20. The van der Waals surface area contributed by atoms with Gasteiger partial charge in [0.2, 0.25) is 0 Å². The van der Waals surface area contributed by atoms with Crippen molar-refractivity contribution in [1.82, 2.24) is 19.5 Å². The molecule has 0 bridgehead atoms. The Kier molecular flexibility index (Phi) is 4.16. The third kappa shape index (κ3) is 2.70. The minimum absolute atomic E-state index is 0.0555. The highest BCUT2D eigenvalue weighted by atomic mass is 16.3. The van der Waals surface area contributed by atoms with Gasteiger partial charge in [-0.25, -0.2) is 9.78 Å². The van der Waals surface area contributed by atoms with Gasteiger partial charge in [-0.3, -0.25) is 9.78 Å². The van der Waals surface area contributed by atoms with Crippen LogP contribution in [0, 0.1) is 19.8 Å². The second-order valence-electron chi connectivity index (χ2n) is 5.92. The first-order valence-electron chi connectivity index (χ1n) is 7.58. The smallest absolute Gasteiger partial charge is 0.349 e.